The molecule has 2 aromatic carbocycles. The highest BCUT2D eigenvalue weighted by molar-refractivity contribution is 5.97. The van der Waals surface area contributed by atoms with Crippen LogP contribution in [0.1, 0.15) is 40.2 Å². The van der Waals surface area contributed by atoms with Crippen LogP contribution >= 0.6 is 0 Å². The zero-order chi connectivity index (χ0) is 26.2. The number of fused-ring (bicyclic) bond motifs is 1. The van der Waals surface area contributed by atoms with Gasteiger partial charge in [-0.25, -0.2) is 4.98 Å². The maximum atomic E-state index is 13.3. The normalized spacial score (nSPS) is 15.5. The molecule has 0 radical (unpaired) electrons. The van der Waals surface area contributed by atoms with Crippen molar-refractivity contribution in [1.29, 1.82) is 0 Å². The topological polar surface area (TPSA) is 114 Å². The Bertz CT molecular complexity index is 1250. The molecule has 3 aromatic rings. The van der Waals surface area contributed by atoms with Crippen LogP contribution in [0.25, 0.3) is 11.5 Å². The summed E-state index contributed by atoms with van der Waals surface area (Å²) in [5.74, 6) is 0.989. The Morgan fingerprint density at radius 2 is 1.84 bits per heavy atom. The van der Waals surface area contributed by atoms with Crippen LogP contribution < -0.4 is 15.4 Å². The van der Waals surface area contributed by atoms with E-state index in [0.717, 1.165) is 11.1 Å². The summed E-state index contributed by atoms with van der Waals surface area (Å²) in [6, 6.07) is 14.9. The van der Waals surface area contributed by atoms with Crippen LogP contribution in [0.4, 0.5) is 0 Å². The minimum absolute atomic E-state index is 0.0676. The molecule has 2 heterocycles. The van der Waals surface area contributed by atoms with Crippen LogP contribution in [0, 0.1) is 13.8 Å². The van der Waals surface area contributed by atoms with E-state index in [-0.39, 0.29) is 43.7 Å². The first-order valence-corrected chi connectivity index (χ1v) is 12.5. The molecule has 1 aromatic heterocycles. The second-order valence-corrected chi connectivity index (χ2v) is 9.00. The Morgan fingerprint density at radius 1 is 1.03 bits per heavy atom. The SMILES string of the molecule is Cc1ccc2c(c1)C(=O)NCCN(C(=O)Cc1nc(-c3ccccc3)oc1C)CCCC(=O)NCCO2. The predicted molar refractivity (Wildman–Crippen MR) is 138 cm³/mol. The lowest BCUT2D eigenvalue weighted by Crippen LogP contribution is -2.40. The van der Waals surface area contributed by atoms with Crippen molar-refractivity contribution >= 4 is 17.7 Å². The van der Waals surface area contributed by atoms with E-state index in [0.29, 0.717) is 54.7 Å². The van der Waals surface area contributed by atoms with Crippen LogP contribution in [0.2, 0.25) is 0 Å². The summed E-state index contributed by atoms with van der Waals surface area (Å²) < 4.78 is 11.6. The highest BCUT2D eigenvalue weighted by atomic mass is 16.5. The number of hydrogen-bond acceptors (Lipinski definition) is 6. The first-order valence-electron chi connectivity index (χ1n) is 12.5. The fourth-order valence-electron chi connectivity index (χ4n) is 4.13. The number of benzene rings is 2. The van der Waals surface area contributed by atoms with Gasteiger partial charge >= 0.3 is 0 Å². The van der Waals surface area contributed by atoms with Gasteiger partial charge in [-0.05, 0) is 44.5 Å². The van der Waals surface area contributed by atoms with Gasteiger partial charge in [0, 0.05) is 31.6 Å². The van der Waals surface area contributed by atoms with Crippen molar-refractivity contribution in [2.24, 2.45) is 0 Å². The number of hydrogen-bond donors (Lipinski definition) is 2. The predicted octanol–water partition coefficient (Wildman–Crippen LogP) is 3.05. The summed E-state index contributed by atoms with van der Waals surface area (Å²) in [6.45, 7) is 5.22. The average molecular weight is 505 g/mol. The minimum Gasteiger partial charge on any atom is -0.491 e. The molecule has 0 aliphatic carbocycles. The molecule has 1 aliphatic rings. The lowest BCUT2D eigenvalue weighted by molar-refractivity contribution is -0.131. The molecule has 1 aliphatic heterocycles. The molecule has 9 heteroatoms. The number of carbonyl (C=O) groups excluding carboxylic acids is 3. The molecule has 0 bridgehead atoms. The summed E-state index contributed by atoms with van der Waals surface area (Å²) in [6.07, 6.45) is 0.851. The van der Waals surface area contributed by atoms with Crippen molar-refractivity contribution < 1.29 is 23.5 Å². The van der Waals surface area contributed by atoms with Crippen LogP contribution in [-0.4, -0.2) is 60.4 Å². The minimum atomic E-state index is -0.273. The lowest BCUT2D eigenvalue weighted by atomic mass is 10.1. The molecular formula is C28H32N4O5. The molecule has 0 saturated heterocycles. The zero-order valence-corrected chi connectivity index (χ0v) is 21.2. The third kappa shape index (κ3) is 6.97. The Labute approximate surface area is 216 Å². The number of carbonyl (C=O) groups is 3. The summed E-state index contributed by atoms with van der Waals surface area (Å²) in [7, 11) is 0. The van der Waals surface area contributed by atoms with E-state index >= 15 is 0 Å². The summed E-state index contributed by atoms with van der Waals surface area (Å²) in [5.41, 5.74) is 2.76. The Balaban J connectivity index is 1.47. The molecule has 37 heavy (non-hydrogen) atoms. The van der Waals surface area contributed by atoms with Gasteiger partial charge in [-0.2, -0.15) is 0 Å². The van der Waals surface area contributed by atoms with Crippen LogP contribution in [0.5, 0.6) is 5.75 Å². The van der Waals surface area contributed by atoms with Gasteiger partial charge in [0.2, 0.25) is 17.7 Å². The highest BCUT2D eigenvalue weighted by Crippen LogP contribution is 2.22. The van der Waals surface area contributed by atoms with E-state index in [9.17, 15) is 14.4 Å². The molecule has 9 nitrogen and oxygen atoms in total. The third-order valence-electron chi connectivity index (χ3n) is 6.15. The van der Waals surface area contributed by atoms with Gasteiger partial charge in [-0.3, -0.25) is 14.4 Å². The summed E-state index contributed by atoms with van der Waals surface area (Å²) in [4.78, 5) is 44.7. The number of amides is 3. The second kappa shape index (κ2) is 12.2. The number of oxazole rings is 1. The molecule has 4 rings (SSSR count). The van der Waals surface area contributed by atoms with Gasteiger partial charge in [0.05, 0.1) is 24.2 Å². The number of nitrogens with zero attached hydrogens (tertiary/aromatic N) is 2. The Morgan fingerprint density at radius 3 is 2.65 bits per heavy atom. The second-order valence-electron chi connectivity index (χ2n) is 9.00. The van der Waals surface area contributed by atoms with Crippen molar-refractivity contribution in [3.63, 3.8) is 0 Å². The van der Waals surface area contributed by atoms with Crippen molar-refractivity contribution in [2.45, 2.75) is 33.1 Å². The zero-order valence-electron chi connectivity index (χ0n) is 21.2. The number of aryl methyl sites for hydroxylation is 2. The van der Waals surface area contributed by atoms with Gasteiger partial charge in [0.25, 0.3) is 5.91 Å². The molecule has 0 atom stereocenters. The number of nitrogens with one attached hydrogen (secondary N) is 2. The smallest absolute Gasteiger partial charge is 0.255 e. The van der Waals surface area contributed by atoms with Crippen molar-refractivity contribution in [1.82, 2.24) is 20.5 Å². The third-order valence-corrected chi connectivity index (χ3v) is 6.15. The van der Waals surface area contributed by atoms with Gasteiger partial charge in [-0.15, -0.1) is 0 Å². The molecule has 0 spiro atoms. The molecule has 2 N–H and O–H groups in total. The maximum Gasteiger partial charge on any atom is 0.255 e. The molecule has 0 saturated carbocycles. The number of aromatic nitrogens is 1. The van der Waals surface area contributed by atoms with E-state index in [2.05, 4.69) is 15.6 Å². The molecule has 0 fully saturated rings. The number of rotatable bonds is 3. The quantitative estimate of drug-likeness (QED) is 0.567. The molecular weight excluding hydrogens is 472 g/mol. The van der Waals surface area contributed by atoms with E-state index in [1.807, 2.05) is 43.3 Å². The first-order chi connectivity index (χ1) is 17.9. The Hall–Kier alpha value is -4.14. The van der Waals surface area contributed by atoms with Crippen molar-refractivity contribution in [3.05, 3.63) is 71.1 Å². The van der Waals surface area contributed by atoms with Gasteiger partial charge < -0.3 is 24.7 Å². The van der Waals surface area contributed by atoms with Gasteiger partial charge in [0.15, 0.2) is 0 Å². The van der Waals surface area contributed by atoms with Crippen molar-refractivity contribution in [2.75, 3.05) is 32.8 Å². The largest absolute Gasteiger partial charge is 0.491 e. The van der Waals surface area contributed by atoms with E-state index in [1.54, 1.807) is 24.0 Å². The molecule has 0 unspecified atom stereocenters. The highest BCUT2D eigenvalue weighted by Gasteiger charge is 2.21. The standard InChI is InChI=1S/C28H32N4O5/c1-19-10-11-24-22(17-19)27(35)30-12-15-32(14-6-9-25(33)29-13-16-36-24)26(34)18-23-20(2)37-28(31-23)21-7-4-3-5-8-21/h3-5,7-8,10-11,17H,6,9,12-16,18H2,1-2H3,(H,29,33)(H,30,35). The van der Waals surface area contributed by atoms with E-state index < -0.39 is 0 Å². The van der Waals surface area contributed by atoms with E-state index in [4.69, 9.17) is 9.15 Å². The van der Waals surface area contributed by atoms with Gasteiger partial charge in [-0.1, -0.05) is 29.8 Å². The maximum absolute atomic E-state index is 13.3. The average Bonchev–Trinajstić information content (AvgIpc) is 3.26. The van der Waals surface area contributed by atoms with Crippen LogP contribution in [0.15, 0.2) is 52.9 Å². The molecule has 3 amide bonds. The Kier molecular flexibility index (Phi) is 8.56. The first kappa shape index (κ1) is 25.9. The van der Waals surface area contributed by atoms with Crippen molar-refractivity contribution in [3.8, 4) is 17.2 Å². The van der Waals surface area contributed by atoms with Crippen LogP contribution in [-0.2, 0) is 16.0 Å². The monoisotopic (exact) mass is 504 g/mol. The molecule has 194 valence electrons. The fraction of sp³-hybridized carbons (Fsp3) is 0.357. The van der Waals surface area contributed by atoms with E-state index in [1.165, 1.54) is 0 Å². The van der Waals surface area contributed by atoms with Crippen LogP contribution in [0.3, 0.4) is 0 Å². The fourth-order valence-corrected chi connectivity index (χ4v) is 4.13. The summed E-state index contributed by atoms with van der Waals surface area (Å²) >= 11 is 0. The number of ether oxygens (including phenoxy) is 1. The lowest BCUT2D eigenvalue weighted by Gasteiger charge is -2.23. The summed E-state index contributed by atoms with van der Waals surface area (Å²) in [5, 5.41) is 5.73. The van der Waals surface area contributed by atoms with Gasteiger partial charge in [0.1, 0.15) is 18.1 Å².